The molecule has 1 amide bonds. The number of ether oxygens (including phenoxy) is 1. The fourth-order valence-electron chi connectivity index (χ4n) is 1.23. The zero-order valence-electron chi connectivity index (χ0n) is 10.0. The molecule has 0 saturated carbocycles. The summed E-state index contributed by atoms with van der Waals surface area (Å²) in [7, 11) is 0. The number of rotatable bonds is 7. The van der Waals surface area contributed by atoms with Gasteiger partial charge in [-0.15, -0.1) is 11.8 Å². The topological polar surface area (TPSA) is 75.6 Å². The molecule has 6 heteroatoms. The minimum atomic E-state index is -1.09. The predicted octanol–water partition coefficient (Wildman–Crippen LogP) is 1.13. The molecule has 1 aromatic rings. The molecule has 2 N–H and O–H groups in total. The summed E-state index contributed by atoms with van der Waals surface area (Å²) < 4.78 is 4.67. The second-order valence-electron chi connectivity index (χ2n) is 3.51. The van der Waals surface area contributed by atoms with E-state index >= 15 is 0 Å². The van der Waals surface area contributed by atoms with E-state index in [4.69, 9.17) is 5.11 Å². The van der Waals surface area contributed by atoms with Crippen molar-refractivity contribution in [1.29, 1.82) is 0 Å². The molecule has 0 aliphatic heterocycles. The number of aliphatic carboxylic acids is 1. The van der Waals surface area contributed by atoms with Gasteiger partial charge in [-0.05, 0) is 24.0 Å². The fraction of sp³-hybridized carbons (Fsp3) is 0.333. The van der Waals surface area contributed by atoms with Gasteiger partial charge in [0.15, 0.2) is 0 Å². The summed E-state index contributed by atoms with van der Waals surface area (Å²) >= 11 is 1.65. The highest BCUT2D eigenvalue weighted by Crippen LogP contribution is 2.14. The number of hydrogen-bond donors (Lipinski definition) is 2. The predicted molar refractivity (Wildman–Crippen MR) is 68.5 cm³/mol. The average Bonchev–Trinajstić information content (AvgIpc) is 2.36. The first-order chi connectivity index (χ1) is 8.61. The van der Waals surface area contributed by atoms with Gasteiger partial charge in [-0.3, -0.25) is 4.79 Å². The van der Waals surface area contributed by atoms with Crippen LogP contribution in [-0.4, -0.2) is 36.5 Å². The third kappa shape index (κ3) is 5.70. The number of hydrogen-bond acceptors (Lipinski definition) is 4. The molecule has 1 rings (SSSR count). The van der Waals surface area contributed by atoms with Gasteiger partial charge in [-0.2, -0.15) is 0 Å². The first kappa shape index (κ1) is 14.5. The monoisotopic (exact) mass is 269 g/mol. The highest BCUT2D eigenvalue weighted by Gasteiger charge is 2.03. The van der Waals surface area contributed by atoms with Crippen LogP contribution >= 0.6 is 11.8 Å². The standard InChI is InChI=1S/C12H15NO4S/c1-18-10-4-2-9(3-5-10)6-13-11(14)7-17-8-12(15)16/h2-5H,6-8H2,1H3,(H,13,14)(H,15,16). The van der Waals surface area contributed by atoms with Crippen molar-refractivity contribution in [3.05, 3.63) is 29.8 Å². The zero-order valence-corrected chi connectivity index (χ0v) is 10.8. The van der Waals surface area contributed by atoms with E-state index < -0.39 is 12.6 Å². The summed E-state index contributed by atoms with van der Waals surface area (Å²) in [6, 6.07) is 7.83. The molecule has 98 valence electrons. The van der Waals surface area contributed by atoms with E-state index in [0.717, 1.165) is 10.5 Å². The summed E-state index contributed by atoms with van der Waals surface area (Å²) in [5.74, 6) is -1.42. The van der Waals surface area contributed by atoms with Crippen LogP contribution in [0.3, 0.4) is 0 Å². The number of carbonyl (C=O) groups is 2. The van der Waals surface area contributed by atoms with Crippen molar-refractivity contribution in [3.8, 4) is 0 Å². The highest BCUT2D eigenvalue weighted by molar-refractivity contribution is 7.98. The molecule has 0 spiro atoms. The molecule has 0 bridgehead atoms. The second kappa shape index (κ2) is 7.73. The summed E-state index contributed by atoms with van der Waals surface area (Å²) in [5.41, 5.74) is 0.986. The summed E-state index contributed by atoms with van der Waals surface area (Å²) in [5, 5.41) is 11.0. The van der Waals surface area contributed by atoms with Gasteiger partial charge in [0, 0.05) is 11.4 Å². The number of thioether (sulfide) groups is 1. The number of carboxylic acid groups (broad SMARTS) is 1. The average molecular weight is 269 g/mol. The Hall–Kier alpha value is -1.53. The van der Waals surface area contributed by atoms with Crippen LogP contribution in [-0.2, 0) is 20.9 Å². The van der Waals surface area contributed by atoms with Gasteiger partial charge in [0.25, 0.3) is 0 Å². The molecule has 18 heavy (non-hydrogen) atoms. The summed E-state index contributed by atoms with van der Waals surface area (Å²) in [6.45, 7) is -0.297. The minimum Gasteiger partial charge on any atom is -0.480 e. The Kier molecular flexibility index (Phi) is 6.24. The van der Waals surface area contributed by atoms with Crippen LogP contribution in [0.4, 0.5) is 0 Å². The molecule has 0 aliphatic carbocycles. The van der Waals surface area contributed by atoms with Gasteiger partial charge < -0.3 is 15.2 Å². The van der Waals surface area contributed by atoms with E-state index in [2.05, 4.69) is 10.1 Å². The lowest BCUT2D eigenvalue weighted by Crippen LogP contribution is -2.28. The van der Waals surface area contributed by atoms with Crippen LogP contribution in [0.25, 0.3) is 0 Å². The van der Waals surface area contributed by atoms with Crippen molar-refractivity contribution in [2.24, 2.45) is 0 Å². The molecular formula is C12H15NO4S. The van der Waals surface area contributed by atoms with Crippen molar-refractivity contribution in [3.63, 3.8) is 0 Å². The Balaban J connectivity index is 2.26. The number of nitrogens with one attached hydrogen (secondary N) is 1. The van der Waals surface area contributed by atoms with Crippen LogP contribution in [0, 0.1) is 0 Å². The van der Waals surface area contributed by atoms with Crippen LogP contribution in [0.1, 0.15) is 5.56 Å². The van der Waals surface area contributed by atoms with Crippen molar-refractivity contribution in [1.82, 2.24) is 5.32 Å². The zero-order chi connectivity index (χ0) is 13.4. The first-order valence-corrected chi connectivity index (χ1v) is 6.53. The molecule has 1 aromatic carbocycles. The van der Waals surface area contributed by atoms with Gasteiger partial charge in [0.1, 0.15) is 13.2 Å². The van der Waals surface area contributed by atoms with Gasteiger partial charge in [0.05, 0.1) is 0 Å². The third-order valence-electron chi connectivity index (χ3n) is 2.11. The molecule has 0 radical (unpaired) electrons. The Bertz CT molecular complexity index is 405. The van der Waals surface area contributed by atoms with Crippen LogP contribution in [0.2, 0.25) is 0 Å². The van der Waals surface area contributed by atoms with E-state index in [1.165, 1.54) is 0 Å². The molecule has 0 aliphatic rings. The van der Waals surface area contributed by atoms with Gasteiger partial charge >= 0.3 is 5.97 Å². The Morgan fingerprint density at radius 1 is 1.28 bits per heavy atom. The lowest BCUT2D eigenvalue weighted by atomic mass is 10.2. The Morgan fingerprint density at radius 3 is 2.50 bits per heavy atom. The smallest absolute Gasteiger partial charge is 0.329 e. The molecule has 0 unspecified atom stereocenters. The molecule has 0 heterocycles. The second-order valence-corrected chi connectivity index (χ2v) is 4.39. The van der Waals surface area contributed by atoms with Crippen molar-refractivity contribution < 1.29 is 19.4 Å². The third-order valence-corrected chi connectivity index (χ3v) is 2.85. The largest absolute Gasteiger partial charge is 0.480 e. The molecule has 0 fully saturated rings. The summed E-state index contributed by atoms with van der Waals surface area (Å²) in [4.78, 5) is 22.6. The van der Waals surface area contributed by atoms with Gasteiger partial charge in [-0.1, -0.05) is 12.1 Å². The van der Waals surface area contributed by atoms with Crippen LogP contribution < -0.4 is 5.32 Å². The highest BCUT2D eigenvalue weighted by atomic mass is 32.2. The fourth-order valence-corrected chi connectivity index (χ4v) is 1.63. The van der Waals surface area contributed by atoms with E-state index in [-0.39, 0.29) is 12.5 Å². The maximum absolute atomic E-state index is 11.3. The van der Waals surface area contributed by atoms with Gasteiger partial charge in [-0.25, -0.2) is 4.79 Å². The lowest BCUT2D eigenvalue weighted by molar-refractivity contribution is -0.143. The van der Waals surface area contributed by atoms with E-state index in [1.54, 1.807) is 11.8 Å². The first-order valence-electron chi connectivity index (χ1n) is 5.31. The molecule has 5 nitrogen and oxygen atoms in total. The van der Waals surface area contributed by atoms with Crippen molar-refractivity contribution >= 4 is 23.6 Å². The van der Waals surface area contributed by atoms with Crippen LogP contribution in [0.5, 0.6) is 0 Å². The number of benzene rings is 1. The van der Waals surface area contributed by atoms with E-state index in [0.29, 0.717) is 6.54 Å². The molecule has 0 saturated heterocycles. The molecule has 0 atom stereocenters. The Labute approximate surface area is 110 Å². The molecular weight excluding hydrogens is 254 g/mol. The quantitative estimate of drug-likeness (QED) is 0.726. The summed E-state index contributed by atoms with van der Waals surface area (Å²) in [6.07, 6.45) is 2.00. The van der Waals surface area contributed by atoms with E-state index in [1.807, 2.05) is 30.5 Å². The SMILES string of the molecule is CSc1ccc(CNC(=O)COCC(=O)O)cc1. The number of amides is 1. The maximum Gasteiger partial charge on any atom is 0.329 e. The molecule has 0 aromatic heterocycles. The van der Waals surface area contributed by atoms with Crippen molar-refractivity contribution in [2.45, 2.75) is 11.4 Å². The lowest BCUT2D eigenvalue weighted by Gasteiger charge is -2.06. The number of carbonyl (C=O) groups excluding carboxylic acids is 1. The Morgan fingerprint density at radius 2 is 1.94 bits per heavy atom. The number of carboxylic acids is 1. The van der Waals surface area contributed by atoms with E-state index in [9.17, 15) is 9.59 Å². The van der Waals surface area contributed by atoms with Crippen LogP contribution in [0.15, 0.2) is 29.2 Å². The minimum absolute atomic E-state index is 0.241. The van der Waals surface area contributed by atoms with Gasteiger partial charge in [0.2, 0.25) is 5.91 Å². The normalized spacial score (nSPS) is 10.1. The van der Waals surface area contributed by atoms with Crippen molar-refractivity contribution in [2.75, 3.05) is 19.5 Å². The maximum atomic E-state index is 11.3.